The number of carbonyl (C=O) groups is 1. The Bertz CT molecular complexity index is 618. The van der Waals surface area contributed by atoms with Crippen LogP contribution in [0.15, 0.2) is 54.6 Å². The first-order chi connectivity index (χ1) is 11.1. The Hall–Kier alpha value is -2.08. The van der Waals surface area contributed by atoms with Crippen LogP contribution in [-0.2, 0) is 11.3 Å². The van der Waals surface area contributed by atoms with E-state index in [-0.39, 0.29) is 6.61 Å². The summed E-state index contributed by atoms with van der Waals surface area (Å²) in [6.07, 6.45) is -1.78. The molecule has 122 valence electrons. The topological polar surface area (TPSA) is 78.8 Å². The summed E-state index contributed by atoms with van der Waals surface area (Å²) < 4.78 is 5.07. The maximum Gasteiger partial charge on any atom is 0.407 e. The van der Waals surface area contributed by atoms with Crippen LogP contribution >= 0.6 is 11.6 Å². The zero-order chi connectivity index (χ0) is 16.7. The Morgan fingerprint density at radius 2 is 1.78 bits per heavy atom. The molecule has 0 radical (unpaired) electrons. The first-order valence-corrected chi connectivity index (χ1v) is 7.49. The fraction of sp³-hybridized carbons (Fsp3) is 0.235. The molecule has 0 heterocycles. The van der Waals surface area contributed by atoms with E-state index in [4.69, 9.17) is 16.3 Å². The zero-order valence-corrected chi connectivity index (χ0v) is 13.1. The van der Waals surface area contributed by atoms with Gasteiger partial charge in [-0.1, -0.05) is 54.1 Å². The zero-order valence-electron chi connectivity index (χ0n) is 12.4. The van der Waals surface area contributed by atoms with E-state index in [1.165, 1.54) is 0 Å². The number of halogens is 1. The number of carbonyl (C=O) groups excluding carboxylic acids is 1. The van der Waals surface area contributed by atoms with Crippen LogP contribution in [-0.4, -0.2) is 29.0 Å². The average molecular weight is 336 g/mol. The summed E-state index contributed by atoms with van der Waals surface area (Å²) in [6.45, 7) is -0.313. The van der Waals surface area contributed by atoms with Crippen LogP contribution in [0.5, 0.6) is 0 Å². The summed E-state index contributed by atoms with van der Waals surface area (Å²) >= 11 is 5.79. The Morgan fingerprint density at radius 1 is 1.13 bits per heavy atom. The van der Waals surface area contributed by atoms with Gasteiger partial charge in [0, 0.05) is 5.02 Å². The normalized spacial score (nSPS) is 13.2. The Morgan fingerprint density at radius 3 is 2.39 bits per heavy atom. The first-order valence-electron chi connectivity index (χ1n) is 7.11. The molecule has 3 N–H and O–H groups in total. The highest BCUT2D eigenvalue weighted by Gasteiger charge is 2.22. The van der Waals surface area contributed by atoms with E-state index in [9.17, 15) is 15.0 Å². The molecule has 0 aliphatic carbocycles. The number of alkyl carbamates (subject to hydrolysis) is 1. The number of aliphatic hydroxyl groups excluding tert-OH is 2. The summed E-state index contributed by atoms with van der Waals surface area (Å²) in [7, 11) is 0. The van der Waals surface area contributed by atoms with Crippen molar-refractivity contribution >= 4 is 17.7 Å². The highest BCUT2D eigenvalue weighted by Crippen LogP contribution is 2.19. The van der Waals surface area contributed by atoms with E-state index in [1.807, 2.05) is 30.3 Å². The van der Waals surface area contributed by atoms with Crippen molar-refractivity contribution in [2.24, 2.45) is 0 Å². The quantitative estimate of drug-likeness (QED) is 0.758. The van der Waals surface area contributed by atoms with E-state index in [0.29, 0.717) is 10.6 Å². The number of hydrogen-bond acceptors (Lipinski definition) is 4. The smallest absolute Gasteiger partial charge is 0.407 e. The van der Waals surface area contributed by atoms with Gasteiger partial charge < -0.3 is 20.3 Å². The second-order valence-electron chi connectivity index (χ2n) is 4.99. The van der Waals surface area contributed by atoms with E-state index in [2.05, 4.69) is 5.32 Å². The lowest BCUT2D eigenvalue weighted by Gasteiger charge is -2.22. The van der Waals surface area contributed by atoms with Gasteiger partial charge in [-0.25, -0.2) is 4.79 Å². The lowest BCUT2D eigenvalue weighted by Crippen LogP contribution is -2.42. The first kappa shape index (κ1) is 17.3. The number of rotatable bonds is 6. The molecule has 1 amide bonds. The molecule has 0 saturated heterocycles. The van der Waals surface area contributed by atoms with Gasteiger partial charge in [-0.15, -0.1) is 0 Å². The molecule has 0 saturated carbocycles. The monoisotopic (exact) mass is 335 g/mol. The molecule has 2 unspecified atom stereocenters. The fourth-order valence-corrected chi connectivity index (χ4v) is 2.16. The van der Waals surface area contributed by atoms with Crippen LogP contribution in [0.4, 0.5) is 4.79 Å². The Kier molecular flexibility index (Phi) is 6.40. The van der Waals surface area contributed by atoms with E-state index in [0.717, 1.165) is 5.56 Å². The number of hydrogen-bond donors (Lipinski definition) is 3. The van der Waals surface area contributed by atoms with Crippen LogP contribution in [0.1, 0.15) is 17.2 Å². The van der Waals surface area contributed by atoms with Gasteiger partial charge in [0.15, 0.2) is 0 Å². The van der Waals surface area contributed by atoms with Crippen LogP contribution in [0, 0.1) is 0 Å². The second-order valence-corrected chi connectivity index (χ2v) is 5.43. The summed E-state index contributed by atoms with van der Waals surface area (Å²) in [5.41, 5.74) is 1.39. The van der Waals surface area contributed by atoms with Crippen molar-refractivity contribution in [2.45, 2.75) is 18.8 Å². The molecule has 2 rings (SSSR count). The van der Waals surface area contributed by atoms with Gasteiger partial charge in [0.05, 0.1) is 12.6 Å². The van der Waals surface area contributed by atoms with Crippen LogP contribution in [0.2, 0.25) is 5.02 Å². The molecule has 0 bridgehead atoms. The third kappa shape index (κ3) is 5.25. The lowest BCUT2D eigenvalue weighted by molar-refractivity contribution is 0.0763. The second kappa shape index (κ2) is 8.53. The van der Waals surface area contributed by atoms with Crippen molar-refractivity contribution in [1.82, 2.24) is 5.32 Å². The Balaban J connectivity index is 1.90. The standard InChI is InChI=1S/C17H18ClNO4/c18-14-8-6-13(7-9-14)16(21)15(10-20)19-17(22)23-11-12-4-2-1-3-5-12/h1-9,15-16,20-21H,10-11H2,(H,19,22). The minimum Gasteiger partial charge on any atom is -0.445 e. The molecule has 2 aromatic carbocycles. The molecule has 0 aliphatic heterocycles. The SMILES string of the molecule is O=C(NC(CO)C(O)c1ccc(Cl)cc1)OCc1ccccc1. The van der Waals surface area contributed by atoms with Gasteiger partial charge in [0.2, 0.25) is 0 Å². The number of aliphatic hydroxyl groups is 2. The molecular formula is C17H18ClNO4. The third-order valence-corrected chi connectivity index (χ3v) is 3.56. The van der Waals surface area contributed by atoms with Crippen molar-refractivity contribution in [1.29, 1.82) is 0 Å². The van der Waals surface area contributed by atoms with Crippen molar-refractivity contribution in [3.8, 4) is 0 Å². The molecule has 6 heteroatoms. The molecule has 0 aromatic heterocycles. The molecule has 5 nitrogen and oxygen atoms in total. The average Bonchev–Trinajstić information content (AvgIpc) is 2.59. The highest BCUT2D eigenvalue weighted by atomic mass is 35.5. The largest absolute Gasteiger partial charge is 0.445 e. The molecule has 0 fully saturated rings. The van der Waals surface area contributed by atoms with Crippen LogP contribution in [0.25, 0.3) is 0 Å². The van der Waals surface area contributed by atoms with Crippen molar-refractivity contribution in [2.75, 3.05) is 6.61 Å². The van der Waals surface area contributed by atoms with Crippen molar-refractivity contribution < 1.29 is 19.7 Å². The number of benzene rings is 2. The minimum absolute atomic E-state index is 0.113. The van der Waals surface area contributed by atoms with Crippen molar-refractivity contribution in [3.63, 3.8) is 0 Å². The number of ether oxygens (including phenoxy) is 1. The fourth-order valence-electron chi connectivity index (χ4n) is 2.03. The van der Waals surface area contributed by atoms with Crippen LogP contribution < -0.4 is 5.32 Å². The summed E-state index contributed by atoms with van der Waals surface area (Å²) in [5.74, 6) is 0. The van der Waals surface area contributed by atoms with Gasteiger partial charge >= 0.3 is 6.09 Å². The van der Waals surface area contributed by atoms with Gasteiger partial charge in [-0.3, -0.25) is 0 Å². The number of amides is 1. The molecule has 0 spiro atoms. The highest BCUT2D eigenvalue weighted by molar-refractivity contribution is 6.30. The van der Waals surface area contributed by atoms with Gasteiger partial charge in [0.1, 0.15) is 12.7 Å². The molecule has 0 aliphatic rings. The molecular weight excluding hydrogens is 318 g/mol. The minimum atomic E-state index is -1.07. The molecule has 23 heavy (non-hydrogen) atoms. The van der Waals surface area contributed by atoms with Gasteiger partial charge in [0.25, 0.3) is 0 Å². The number of nitrogens with one attached hydrogen (secondary N) is 1. The molecule has 2 atom stereocenters. The summed E-state index contributed by atoms with van der Waals surface area (Å²) in [6, 6.07) is 14.9. The van der Waals surface area contributed by atoms with Gasteiger partial charge in [-0.05, 0) is 23.3 Å². The molecule has 2 aromatic rings. The third-order valence-electron chi connectivity index (χ3n) is 3.31. The lowest BCUT2D eigenvalue weighted by atomic mass is 10.0. The maximum atomic E-state index is 11.8. The van der Waals surface area contributed by atoms with Crippen molar-refractivity contribution in [3.05, 3.63) is 70.7 Å². The Labute approximate surface area is 139 Å². The van der Waals surface area contributed by atoms with E-state index in [1.54, 1.807) is 24.3 Å². The van der Waals surface area contributed by atoms with E-state index < -0.39 is 24.8 Å². The summed E-state index contributed by atoms with van der Waals surface area (Å²) in [5, 5.41) is 22.6. The van der Waals surface area contributed by atoms with Gasteiger partial charge in [-0.2, -0.15) is 0 Å². The van der Waals surface area contributed by atoms with Crippen LogP contribution in [0.3, 0.4) is 0 Å². The predicted molar refractivity (Wildman–Crippen MR) is 87.0 cm³/mol. The van der Waals surface area contributed by atoms with E-state index >= 15 is 0 Å². The predicted octanol–water partition coefficient (Wildman–Crippen LogP) is 2.66. The maximum absolute atomic E-state index is 11.8. The summed E-state index contributed by atoms with van der Waals surface area (Å²) in [4.78, 5) is 11.8.